The monoisotopic (exact) mass is 227 g/mol. The molecule has 86 valence electrons. The Kier molecular flexibility index (Phi) is 2.00. The van der Waals surface area contributed by atoms with Crippen LogP contribution in [0.15, 0.2) is 42.5 Å². The van der Waals surface area contributed by atoms with Gasteiger partial charge >= 0.3 is 5.97 Å². The van der Waals surface area contributed by atoms with Gasteiger partial charge in [0.2, 0.25) is 0 Å². The quantitative estimate of drug-likeness (QED) is 0.825. The lowest BCUT2D eigenvalue weighted by molar-refractivity contribution is -0.139. The van der Waals surface area contributed by atoms with E-state index in [1.807, 2.05) is 42.5 Å². The molecule has 1 aliphatic rings. The molecule has 2 aromatic carbocycles. The van der Waals surface area contributed by atoms with Crippen LogP contribution < -0.4 is 5.73 Å². The van der Waals surface area contributed by atoms with Crippen LogP contribution >= 0.6 is 0 Å². The number of carboxylic acid groups (broad SMARTS) is 1. The average Bonchev–Trinajstić information content (AvgIpc) is 3.02. The maximum atomic E-state index is 11.1. The van der Waals surface area contributed by atoms with E-state index in [2.05, 4.69) is 0 Å². The van der Waals surface area contributed by atoms with Crippen molar-refractivity contribution in [2.45, 2.75) is 17.9 Å². The number of fused-ring (bicyclic) bond motifs is 1. The van der Waals surface area contributed by atoms with Gasteiger partial charge in [-0.1, -0.05) is 42.5 Å². The van der Waals surface area contributed by atoms with Crippen LogP contribution in [0.1, 0.15) is 17.9 Å². The molecule has 1 aliphatic carbocycles. The molecule has 1 saturated carbocycles. The lowest BCUT2D eigenvalue weighted by Crippen LogP contribution is -2.34. The highest BCUT2D eigenvalue weighted by molar-refractivity contribution is 5.91. The van der Waals surface area contributed by atoms with Crippen molar-refractivity contribution in [3.05, 3.63) is 48.0 Å². The van der Waals surface area contributed by atoms with E-state index in [1.165, 1.54) is 0 Å². The Morgan fingerprint density at radius 2 is 1.94 bits per heavy atom. The minimum absolute atomic E-state index is 0.0638. The zero-order valence-electron chi connectivity index (χ0n) is 9.26. The summed E-state index contributed by atoms with van der Waals surface area (Å²) in [5.74, 6) is -0.971. The van der Waals surface area contributed by atoms with Crippen molar-refractivity contribution >= 4 is 16.7 Å². The Bertz CT molecular complexity index is 603. The first kappa shape index (κ1) is 10.3. The standard InChI is InChI=1S/C14H13NO2/c15-14(13(16)17)8-12(14)11-7-3-5-9-4-1-2-6-10(9)11/h1-7,12H,8,15H2,(H,16,17). The fourth-order valence-electron chi connectivity index (χ4n) is 2.46. The number of nitrogens with two attached hydrogens (primary N) is 1. The molecule has 0 radical (unpaired) electrons. The number of hydrogen-bond donors (Lipinski definition) is 2. The van der Waals surface area contributed by atoms with Crippen molar-refractivity contribution in [2.75, 3.05) is 0 Å². The first-order chi connectivity index (χ1) is 8.13. The first-order valence-corrected chi connectivity index (χ1v) is 5.63. The molecule has 2 aromatic rings. The minimum Gasteiger partial charge on any atom is -0.480 e. The molecular formula is C14H13NO2. The smallest absolute Gasteiger partial charge is 0.324 e. The van der Waals surface area contributed by atoms with Crippen molar-refractivity contribution in [2.24, 2.45) is 5.73 Å². The molecule has 3 heteroatoms. The van der Waals surface area contributed by atoms with E-state index in [0.29, 0.717) is 6.42 Å². The summed E-state index contributed by atoms with van der Waals surface area (Å²) >= 11 is 0. The summed E-state index contributed by atoms with van der Waals surface area (Å²) in [6.07, 6.45) is 0.524. The lowest BCUT2D eigenvalue weighted by Gasteiger charge is -2.08. The van der Waals surface area contributed by atoms with Crippen molar-refractivity contribution in [1.29, 1.82) is 0 Å². The topological polar surface area (TPSA) is 63.3 Å². The van der Waals surface area contributed by atoms with Crippen LogP contribution in [-0.4, -0.2) is 16.6 Å². The number of aliphatic carboxylic acids is 1. The summed E-state index contributed by atoms with van der Waals surface area (Å²) in [7, 11) is 0. The molecule has 0 amide bonds. The van der Waals surface area contributed by atoms with Crippen molar-refractivity contribution < 1.29 is 9.90 Å². The molecule has 0 aromatic heterocycles. The number of hydrogen-bond acceptors (Lipinski definition) is 2. The molecule has 0 aliphatic heterocycles. The number of carboxylic acids is 1. The third-order valence-electron chi connectivity index (χ3n) is 3.60. The molecule has 0 heterocycles. The fourth-order valence-corrected chi connectivity index (χ4v) is 2.46. The molecule has 0 bridgehead atoms. The van der Waals surface area contributed by atoms with Crippen LogP contribution in [-0.2, 0) is 4.79 Å². The number of benzene rings is 2. The maximum absolute atomic E-state index is 11.1. The Hall–Kier alpha value is -1.87. The van der Waals surface area contributed by atoms with Crippen LogP contribution in [0.25, 0.3) is 10.8 Å². The van der Waals surface area contributed by atoms with Gasteiger partial charge in [0.15, 0.2) is 0 Å². The second-order valence-electron chi connectivity index (χ2n) is 4.67. The van der Waals surface area contributed by atoms with E-state index in [-0.39, 0.29) is 5.92 Å². The van der Waals surface area contributed by atoms with Crippen molar-refractivity contribution in [3.63, 3.8) is 0 Å². The molecule has 0 spiro atoms. The van der Waals surface area contributed by atoms with Crippen molar-refractivity contribution in [3.8, 4) is 0 Å². The summed E-state index contributed by atoms with van der Waals surface area (Å²) in [4.78, 5) is 11.1. The summed E-state index contributed by atoms with van der Waals surface area (Å²) in [5.41, 5.74) is 5.84. The molecule has 3 nitrogen and oxygen atoms in total. The largest absolute Gasteiger partial charge is 0.480 e. The summed E-state index contributed by atoms with van der Waals surface area (Å²) < 4.78 is 0. The normalized spacial score (nSPS) is 27.0. The Morgan fingerprint density at radius 1 is 1.24 bits per heavy atom. The van der Waals surface area contributed by atoms with Gasteiger partial charge in [0.25, 0.3) is 0 Å². The van der Waals surface area contributed by atoms with Gasteiger partial charge in [-0.2, -0.15) is 0 Å². The third-order valence-corrected chi connectivity index (χ3v) is 3.60. The highest BCUT2D eigenvalue weighted by Gasteiger charge is 2.58. The Morgan fingerprint density at radius 3 is 2.65 bits per heavy atom. The van der Waals surface area contributed by atoms with Gasteiger partial charge in [-0.05, 0) is 22.8 Å². The van der Waals surface area contributed by atoms with Crippen LogP contribution in [0.3, 0.4) is 0 Å². The SMILES string of the molecule is NC1(C(=O)O)CC1c1cccc2ccccc12. The van der Waals surface area contributed by atoms with Gasteiger partial charge in [0.05, 0.1) is 0 Å². The van der Waals surface area contributed by atoms with Crippen LogP contribution in [0, 0.1) is 0 Å². The second-order valence-corrected chi connectivity index (χ2v) is 4.67. The predicted octanol–water partition coefficient (Wildman–Crippen LogP) is 2.11. The minimum atomic E-state index is -1.07. The van der Waals surface area contributed by atoms with Crippen molar-refractivity contribution in [1.82, 2.24) is 0 Å². The second kappa shape index (κ2) is 3.31. The summed E-state index contributed by atoms with van der Waals surface area (Å²) in [5, 5.41) is 11.3. The molecule has 2 atom stereocenters. The lowest BCUT2D eigenvalue weighted by atomic mass is 9.99. The number of rotatable bonds is 2. The molecule has 17 heavy (non-hydrogen) atoms. The summed E-state index contributed by atoms with van der Waals surface area (Å²) in [6, 6.07) is 14.0. The van der Waals surface area contributed by atoms with Gasteiger partial charge in [-0.15, -0.1) is 0 Å². The predicted molar refractivity (Wildman–Crippen MR) is 65.9 cm³/mol. The van der Waals surface area contributed by atoms with Gasteiger partial charge in [-0.25, -0.2) is 0 Å². The molecule has 1 fully saturated rings. The fraction of sp³-hybridized carbons (Fsp3) is 0.214. The molecule has 3 N–H and O–H groups in total. The average molecular weight is 227 g/mol. The molecule has 2 unspecified atom stereocenters. The van der Waals surface area contributed by atoms with E-state index in [1.54, 1.807) is 0 Å². The Balaban J connectivity index is 2.12. The number of carbonyl (C=O) groups is 1. The van der Waals surface area contributed by atoms with Gasteiger partial charge < -0.3 is 10.8 Å². The Labute approximate surface area is 98.9 Å². The van der Waals surface area contributed by atoms with Gasteiger partial charge in [0.1, 0.15) is 5.54 Å². The zero-order chi connectivity index (χ0) is 12.0. The molecule has 0 saturated heterocycles. The van der Waals surface area contributed by atoms with E-state index >= 15 is 0 Å². The maximum Gasteiger partial charge on any atom is 0.324 e. The van der Waals surface area contributed by atoms with E-state index < -0.39 is 11.5 Å². The van der Waals surface area contributed by atoms with Gasteiger partial charge in [-0.3, -0.25) is 4.79 Å². The third kappa shape index (κ3) is 1.43. The zero-order valence-corrected chi connectivity index (χ0v) is 9.26. The van der Waals surface area contributed by atoms with E-state index in [0.717, 1.165) is 16.3 Å². The molecule has 3 rings (SSSR count). The first-order valence-electron chi connectivity index (χ1n) is 5.63. The van der Waals surface area contributed by atoms with E-state index in [4.69, 9.17) is 10.8 Å². The highest BCUT2D eigenvalue weighted by atomic mass is 16.4. The van der Waals surface area contributed by atoms with E-state index in [9.17, 15) is 4.79 Å². The molecular weight excluding hydrogens is 214 g/mol. The highest BCUT2D eigenvalue weighted by Crippen LogP contribution is 2.51. The van der Waals surface area contributed by atoms with Crippen LogP contribution in [0.4, 0.5) is 0 Å². The van der Waals surface area contributed by atoms with Crippen LogP contribution in [0.5, 0.6) is 0 Å². The van der Waals surface area contributed by atoms with Crippen LogP contribution in [0.2, 0.25) is 0 Å². The summed E-state index contributed by atoms with van der Waals surface area (Å²) in [6.45, 7) is 0. The van der Waals surface area contributed by atoms with Gasteiger partial charge in [0, 0.05) is 5.92 Å².